The van der Waals surface area contributed by atoms with Crippen molar-refractivity contribution in [1.82, 2.24) is 14.5 Å². The number of ketones is 1. The Hall–Kier alpha value is -1.68. The first kappa shape index (κ1) is 25.0. The molecular formula is C19H27N3O8P2. The van der Waals surface area contributed by atoms with Crippen LogP contribution in [0, 0.1) is 0 Å². The van der Waals surface area contributed by atoms with Gasteiger partial charge in [-0.05, 0) is 32.9 Å². The Morgan fingerprint density at radius 1 is 1.22 bits per heavy atom. The molecule has 3 N–H and O–H groups in total. The van der Waals surface area contributed by atoms with Gasteiger partial charge in [-0.2, -0.15) is 4.31 Å². The molecule has 2 heterocycles. The van der Waals surface area contributed by atoms with E-state index in [4.69, 9.17) is 9.79 Å². The average molecular weight is 487 g/mol. The van der Waals surface area contributed by atoms with Crippen LogP contribution in [0.3, 0.4) is 0 Å². The monoisotopic (exact) mass is 487 g/mol. The number of nitrogens with zero attached hydrogens (tertiary/aromatic N) is 3. The first-order valence-corrected chi connectivity index (χ1v) is 13.0. The van der Waals surface area contributed by atoms with Gasteiger partial charge in [0.25, 0.3) is 0 Å². The minimum Gasteiger partial charge on any atom is -0.326 e. The van der Waals surface area contributed by atoms with Crippen molar-refractivity contribution in [3.8, 4) is 0 Å². The quantitative estimate of drug-likeness (QED) is 0.374. The van der Waals surface area contributed by atoms with E-state index in [-0.39, 0.29) is 6.04 Å². The maximum atomic E-state index is 13.1. The molecule has 0 saturated heterocycles. The van der Waals surface area contributed by atoms with Crippen molar-refractivity contribution < 1.29 is 37.4 Å². The lowest BCUT2D eigenvalue weighted by Gasteiger charge is -2.27. The zero-order valence-electron chi connectivity index (χ0n) is 18.0. The fourth-order valence-electron chi connectivity index (χ4n) is 3.63. The van der Waals surface area contributed by atoms with E-state index in [1.54, 1.807) is 0 Å². The Morgan fingerprint density at radius 3 is 2.56 bits per heavy atom. The second kappa shape index (κ2) is 9.67. The molecule has 0 bridgehead atoms. The number of phosphoric ester groups is 1. The zero-order chi connectivity index (χ0) is 23.7. The average Bonchev–Trinajstić information content (AvgIpc) is 2.95. The molecule has 13 heteroatoms. The first-order chi connectivity index (χ1) is 14.9. The molecule has 176 valence electrons. The van der Waals surface area contributed by atoms with Crippen LogP contribution in [0.5, 0.6) is 0 Å². The van der Waals surface area contributed by atoms with E-state index in [2.05, 4.69) is 31.7 Å². The molecule has 1 aliphatic rings. The van der Waals surface area contributed by atoms with Crippen LogP contribution >= 0.6 is 15.6 Å². The number of fused-ring (bicyclic) bond motifs is 3. The number of carbonyl (C=O) groups excluding carboxylic acids is 1. The molecule has 3 atom stereocenters. The molecule has 3 rings (SSSR count). The normalized spacial score (nSPS) is 21.6. The van der Waals surface area contributed by atoms with Crippen LogP contribution < -0.4 is 0 Å². The number of benzene rings is 1. The van der Waals surface area contributed by atoms with E-state index in [0.29, 0.717) is 25.5 Å². The van der Waals surface area contributed by atoms with Crippen molar-refractivity contribution in [1.29, 1.82) is 0 Å². The van der Waals surface area contributed by atoms with Crippen molar-refractivity contribution in [3.63, 3.8) is 0 Å². The summed E-state index contributed by atoms with van der Waals surface area (Å²) in [4.78, 5) is 46.9. The lowest BCUT2D eigenvalue weighted by molar-refractivity contribution is -0.123. The largest absolute Gasteiger partial charge is 0.481 e. The Kier molecular flexibility index (Phi) is 7.54. The van der Waals surface area contributed by atoms with Crippen LogP contribution in [0.4, 0.5) is 0 Å². The molecule has 1 aliphatic heterocycles. The lowest BCUT2D eigenvalue weighted by Crippen LogP contribution is -2.38. The van der Waals surface area contributed by atoms with Gasteiger partial charge in [-0.1, -0.05) is 23.8 Å². The molecule has 0 radical (unpaired) electrons. The minimum absolute atomic E-state index is 0.0719. The van der Waals surface area contributed by atoms with Crippen molar-refractivity contribution in [2.75, 3.05) is 19.7 Å². The highest BCUT2D eigenvalue weighted by Crippen LogP contribution is 2.57. The summed E-state index contributed by atoms with van der Waals surface area (Å²) in [5, 5.41) is 0. The molecule has 1 aromatic heterocycles. The summed E-state index contributed by atoms with van der Waals surface area (Å²) in [6.45, 7) is 6.65. The third-order valence-electron chi connectivity index (χ3n) is 5.19. The number of carbonyl (C=O) groups is 1. The molecule has 0 spiro atoms. The Morgan fingerprint density at radius 2 is 1.91 bits per heavy atom. The highest BCUT2D eigenvalue weighted by Gasteiger charge is 2.37. The van der Waals surface area contributed by atoms with Crippen LogP contribution in [0.15, 0.2) is 35.9 Å². The van der Waals surface area contributed by atoms with E-state index >= 15 is 0 Å². The third-order valence-corrected chi connectivity index (χ3v) is 7.32. The molecule has 1 aromatic carbocycles. The smallest absolute Gasteiger partial charge is 0.326 e. The van der Waals surface area contributed by atoms with E-state index in [1.165, 1.54) is 0 Å². The van der Waals surface area contributed by atoms with E-state index in [1.807, 2.05) is 42.7 Å². The van der Waals surface area contributed by atoms with E-state index in [9.17, 15) is 18.8 Å². The highest BCUT2D eigenvalue weighted by atomic mass is 31.3. The van der Waals surface area contributed by atoms with Gasteiger partial charge < -0.3 is 19.2 Å². The van der Waals surface area contributed by atoms with E-state index in [0.717, 1.165) is 16.6 Å². The molecule has 0 fully saturated rings. The maximum Gasteiger partial charge on any atom is 0.481 e. The van der Waals surface area contributed by atoms with Gasteiger partial charge in [0, 0.05) is 25.7 Å². The van der Waals surface area contributed by atoms with Crippen molar-refractivity contribution in [2.24, 2.45) is 0 Å². The minimum atomic E-state index is -5.28. The number of hydrogen-bond donors (Lipinski definition) is 3. The number of phosphoric acid groups is 2. The molecule has 0 amide bonds. The summed E-state index contributed by atoms with van der Waals surface area (Å²) in [6, 6.07) is 7.56. The number of aromatic nitrogens is 2. The van der Waals surface area contributed by atoms with Gasteiger partial charge >= 0.3 is 15.6 Å². The van der Waals surface area contributed by atoms with Gasteiger partial charge in [0.15, 0.2) is 5.78 Å². The summed E-state index contributed by atoms with van der Waals surface area (Å²) in [5.41, 5.74) is 2.73. The van der Waals surface area contributed by atoms with Crippen molar-refractivity contribution in [3.05, 3.63) is 41.7 Å². The standard InChI is InChI=1S/C19H27N3O8P2/c1-13(2)8-9-21-11-15(18(23)12-29-32(27,28)30-31(24,25)26)19-20-16-6-4-5-7-17(16)22(19)10-14(21)3/h4-8,14-15H,9-12H2,1-3H3,(H,27,28)(H2,24,25,26). The summed E-state index contributed by atoms with van der Waals surface area (Å²) in [5.74, 6) is -0.829. The maximum absolute atomic E-state index is 13.1. The topological polar surface area (TPSA) is 151 Å². The van der Waals surface area contributed by atoms with Gasteiger partial charge in [0.1, 0.15) is 12.4 Å². The molecule has 11 nitrogen and oxygen atoms in total. The second-order valence-corrected chi connectivity index (χ2v) is 10.8. The van der Waals surface area contributed by atoms with Crippen molar-refractivity contribution in [2.45, 2.75) is 39.3 Å². The Bertz CT molecular complexity index is 1120. The number of para-hydroxylation sites is 2. The molecule has 0 saturated carbocycles. The zero-order valence-corrected chi connectivity index (χ0v) is 19.8. The van der Waals surface area contributed by atoms with Crippen LogP contribution in [-0.2, 0) is 29.3 Å². The fourth-order valence-corrected chi connectivity index (χ4v) is 5.19. The van der Waals surface area contributed by atoms with Crippen LogP contribution in [0.25, 0.3) is 11.0 Å². The summed E-state index contributed by atoms with van der Waals surface area (Å²) in [7, 11) is -10.4. The van der Waals surface area contributed by atoms with Gasteiger partial charge in [0.2, 0.25) is 0 Å². The van der Waals surface area contributed by atoms with Crippen LogP contribution in [-0.4, -0.2) is 60.7 Å². The fraction of sp³-hybridized carbons (Fsp3) is 0.474. The van der Waals surface area contributed by atoms with Crippen molar-refractivity contribution >= 4 is 32.5 Å². The number of hydrogen-bond acceptors (Lipinski definition) is 7. The molecule has 32 heavy (non-hydrogen) atoms. The summed E-state index contributed by atoms with van der Waals surface area (Å²) >= 11 is 0. The van der Waals surface area contributed by atoms with Crippen LogP contribution in [0.2, 0.25) is 0 Å². The van der Waals surface area contributed by atoms with Crippen LogP contribution in [0.1, 0.15) is 32.5 Å². The SMILES string of the molecule is CC(C)=CCN1CC(C(=O)COP(=O)(O)OP(=O)(O)O)c2nc3ccccc3n2CC1C. The van der Waals surface area contributed by atoms with Gasteiger partial charge in [-0.15, -0.1) is 0 Å². The molecule has 2 aromatic rings. The molecule has 0 aliphatic carbocycles. The first-order valence-electron chi connectivity index (χ1n) is 9.96. The number of rotatable bonds is 8. The van der Waals surface area contributed by atoms with Gasteiger partial charge in [0.05, 0.1) is 17.0 Å². The second-order valence-electron chi connectivity index (χ2n) is 7.99. The number of allylic oxidation sites excluding steroid dienone is 1. The lowest BCUT2D eigenvalue weighted by atomic mass is 10.0. The Labute approximate surface area is 185 Å². The predicted octanol–water partition coefficient (Wildman–Crippen LogP) is 2.59. The van der Waals surface area contributed by atoms with Gasteiger partial charge in [-0.25, -0.2) is 14.1 Å². The highest BCUT2D eigenvalue weighted by molar-refractivity contribution is 7.60. The molecule has 3 unspecified atom stereocenters. The summed E-state index contributed by atoms with van der Waals surface area (Å²) in [6.07, 6.45) is 2.05. The predicted molar refractivity (Wildman–Crippen MR) is 117 cm³/mol. The van der Waals surface area contributed by atoms with Gasteiger partial charge in [-0.3, -0.25) is 14.2 Å². The molecular weight excluding hydrogens is 460 g/mol. The summed E-state index contributed by atoms with van der Waals surface area (Å²) < 4.78 is 33.0. The third kappa shape index (κ3) is 6.21. The van der Waals surface area contributed by atoms with E-state index < -0.39 is 34.0 Å². The Balaban J connectivity index is 1.92. The number of imidazole rings is 1. The number of Topliss-reactive ketones (excluding diaryl/α,β-unsaturated/α-hetero) is 1.